The molecule has 0 aromatic rings. The van der Waals surface area contributed by atoms with Crippen LogP contribution in [-0.4, -0.2) is 14.9 Å². The van der Waals surface area contributed by atoms with E-state index in [4.69, 9.17) is 9.16 Å². The van der Waals surface area contributed by atoms with Crippen LogP contribution in [-0.2, 0) is 9.16 Å². The van der Waals surface area contributed by atoms with E-state index in [1.807, 2.05) is 0 Å². The van der Waals surface area contributed by atoms with Gasteiger partial charge < -0.3 is 9.16 Å². The first-order valence-corrected chi connectivity index (χ1v) is 10.5. The molecule has 1 saturated carbocycles. The number of rotatable bonds is 7. The van der Waals surface area contributed by atoms with Crippen LogP contribution in [0.4, 0.5) is 0 Å². The van der Waals surface area contributed by atoms with E-state index in [0.29, 0.717) is 5.92 Å². The number of allylic oxidation sites excluding steroid dienone is 1. The molecule has 2 nitrogen and oxygen atoms in total. The SMILES string of the molecule is CCCCO/C(=C\C1CCCC1)O[Si](C)(C)C. The van der Waals surface area contributed by atoms with Gasteiger partial charge in [0.05, 0.1) is 6.61 Å². The summed E-state index contributed by atoms with van der Waals surface area (Å²) in [4.78, 5) is 0. The van der Waals surface area contributed by atoms with Crippen LogP contribution in [0.3, 0.4) is 0 Å². The zero-order valence-corrected chi connectivity index (χ0v) is 12.9. The van der Waals surface area contributed by atoms with E-state index in [1.54, 1.807) is 0 Å². The highest BCUT2D eigenvalue weighted by molar-refractivity contribution is 6.69. The van der Waals surface area contributed by atoms with Gasteiger partial charge in [-0.05, 0) is 50.9 Å². The summed E-state index contributed by atoms with van der Waals surface area (Å²) in [6.45, 7) is 9.60. The van der Waals surface area contributed by atoms with Gasteiger partial charge in [-0.3, -0.25) is 0 Å². The first-order chi connectivity index (χ1) is 8.01. The Hall–Kier alpha value is -0.443. The maximum atomic E-state index is 6.02. The molecule has 0 aromatic heterocycles. The fourth-order valence-corrected chi connectivity index (χ4v) is 2.78. The Morgan fingerprint density at radius 3 is 2.41 bits per heavy atom. The van der Waals surface area contributed by atoms with Crippen molar-refractivity contribution >= 4 is 8.32 Å². The monoisotopic (exact) mass is 256 g/mol. The quantitative estimate of drug-likeness (QED) is 0.374. The van der Waals surface area contributed by atoms with Crippen molar-refractivity contribution in [3.63, 3.8) is 0 Å². The number of hydrogen-bond donors (Lipinski definition) is 0. The number of hydrogen-bond acceptors (Lipinski definition) is 2. The molecular weight excluding hydrogens is 228 g/mol. The highest BCUT2D eigenvalue weighted by Gasteiger charge is 2.21. The van der Waals surface area contributed by atoms with E-state index in [9.17, 15) is 0 Å². The highest BCUT2D eigenvalue weighted by Crippen LogP contribution is 2.28. The Labute approximate surface area is 108 Å². The van der Waals surface area contributed by atoms with Gasteiger partial charge in [-0.25, -0.2) is 0 Å². The predicted octanol–water partition coefficient (Wildman–Crippen LogP) is 4.69. The van der Waals surface area contributed by atoms with Crippen molar-refractivity contribution in [2.45, 2.75) is 65.1 Å². The Kier molecular flexibility index (Phi) is 6.10. The third-order valence-corrected chi connectivity index (χ3v) is 3.73. The van der Waals surface area contributed by atoms with E-state index >= 15 is 0 Å². The zero-order chi connectivity index (χ0) is 12.7. The number of unbranched alkanes of at least 4 members (excludes halogenated alkanes) is 1. The van der Waals surface area contributed by atoms with Gasteiger partial charge >= 0.3 is 0 Å². The van der Waals surface area contributed by atoms with Crippen molar-refractivity contribution in [2.24, 2.45) is 5.92 Å². The standard InChI is InChI=1S/C14H28O2Si/c1-5-6-11-15-14(16-17(2,3)4)12-13-9-7-8-10-13/h12-13H,5-11H2,1-4H3/b14-12+. The smallest absolute Gasteiger partial charge is 0.261 e. The lowest BCUT2D eigenvalue weighted by atomic mass is 10.1. The zero-order valence-electron chi connectivity index (χ0n) is 11.9. The Morgan fingerprint density at radius 2 is 1.88 bits per heavy atom. The molecule has 3 heteroatoms. The van der Waals surface area contributed by atoms with Gasteiger partial charge in [0.2, 0.25) is 8.32 Å². The van der Waals surface area contributed by atoms with Gasteiger partial charge in [0.1, 0.15) is 0 Å². The molecule has 0 radical (unpaired) electrons. The molecule has 1 fully saturated rings. The average molecular weight is 256 g/mol. The second-order valence-corrected chi connectivity index (χ2v) is 10.4. The summed E-state index contributed by atoms with van der Waals surface area (Å²) in [6, 6.07) is 0. The lowest BCUT2D eigenvalue weighted by Gasteiger charge is -2.22. The predicted molar refractivity (Wildman–Crippen MR) is 75.3 cm³/mol. The summed E-state index contributed by atoms with van der Waals surface area (Å²) >= 11 is 0. The Bertz CT molecular complexity index is 237. The van der Waals surface area contributed by atoms with Crippen LogP contribution >= 0.6 is 0 Å². The van der Waals surface area contributed by atoms with Crippen molar-refractivity contribution in [3.8, 4) is 0 Å². The van der Waals surface area contributed by atoms with Gasteiger partial charge in [0, 0.05) is 0 Å². The molecule has 1 aliphatic rings. The first kappa shape index (κ1) is 14.6. The summed E-state index contributed by atoms with van der Waals surface area (Å²) in [5.74, 6) is 1.49. The molecule has 0 atom stereocenters. The molecule has 0 amide bonds. The maximum Gasteiger partial charge on any atom is 0.261 e. The van der Waals surface area contributed by atoms with Crippen LogP contribution in [0.5, 0.6) is 0 Å². The second-order valence-electron chi connectivity index (χ2n) is 5.95. The van der Waals surface area contributed by atoms with Crippen LogP contribution in [0.15, 0.2) is 12.0 Å². The molecule has 0 bridgehead atoms. The summed E-state index contributed by atoms with van der Waals surface area (Å²) < 4.78 is 11.8. The molecule has 0 aromatic carbocycles. The van der Waals surface area contributed by atoms with Crippen molar-refractivity contribution in [3.05, 3.63) is 12.0 Å². The van der Waals surface area contributed by atoms with Crippen LogP contribution < -0.4 is 0 Å². The second kappa shape index (κ2) is 7.09. The molecule has 100 valence electrons. The van der Waals surface area contributed by atoms with Crippen LogP contribution in [0.2, 0.25) is 19.6 Å². The van der Waals surface area contributed by atoms with Gasteiger partial charge in [-0.15, -0.1) is 0 Å². The molecular formula is C14H28O2Si. The fourth-order valence-electron chi connectivity index (χ4n) is 2.05. The van der Waals surface area contributed by atoms with E-state index in [-0.39, 0.29) is 0 Å². The van der Waals surface area contributed by atoms with Gasteiger partial charge in [-0.2, -0.15) is 0 Å². The van der Waals surface area contributed by atoms with Crippen LogP contribution in [0.25, 0.3) is 0 Å². The molecule has 0 heterocycles. The summed E-state index contributed by atoms with van der Waals surface area (Å²) in [7, 11) is -1.55. The molecule has 17 heavy (non-hydrogen) atoms. The molecule has 0 saturated heterocycles. The normalized spacial score (nSPS) is 18.5. The van der Waals surface area contributed by atoms with E-state index in [1.165, 1.54) is 32.1 Å². The minimum Gasteiger partial charge on any atom is -0.520 e. The molecule has 1 aliphatic carbocycles. The molecule has 1 rings (SSSR count). The minimum atomic E-state index is -1.55. The fraction of sp³-hybridized carbons (Fsp3) is 0.857. The van der Waals surface area contributed by atoms with Crippen molar-refractivity contribution < 1.29 is 9.16 Å². The minimum absolute atomic E-state index is 0.683. The summed E-state index contributed by atoms with van der Waals surface area (Å²) in [6.07, 6.45) is 9.83. The van der Waals surface area contributed by atoms with E-state index in [2.05, 4.69) is 32.6 Å². The topological polar surface area (TPSA) is 18.5 Å². The molecule has 0 unspecified atom stereocenters. The summed E-state index contributed by atoms with van der Waals surface area (Å²) in [5.41, 5.74) is 0. The highest BCUT2D eigenvalue weighted by atomic mass is 28.4. The van der Waals surface area contributed by atoms with Crippen molar-refractivity contribution in [1.29, 1.82) is 0 Å². The number of ether oxygens (including phenoxy) is 1. The van der Waals surface area contributed by atoms with Crippen molar-refractivity contribution in [1.82, 2.24) is 0 Å². The Morgan fingerprint density at radius 1 is 1.24 bits per heavy atom. The third-order valence-electron chi connectivity index (χ3n) is 2.92. The average Bonchev–Trinajstić information content (AvgIpc) is 2.68. The molecule has 0 spiro atoms. The van der Waals surface area contributed by atoms with Gasteiger partial charge in [-0.1, -0.05) is 26.2 Å². The molecule has 0 aliphatic heterocycles. The van der Waals surface area contributed by atoms with Crippen LogP contribution in [0, 0.1) is 5.92 Å². The van der Waals surface area contributed by atoms with E-state index < -0.39 is 8.32 Å². The van der Waals surface area contributed by atoms with E-state index in [0.717, 1.165) is 19.0 Å². The van der Waals surface area contributed by atoms with Gasteiger partial charge in [0.25, 0.3) is 5.95 Å². The maximum absolute atomic E-state index is 6.02. The summed E-state index contributed by atoms with van der Waals surface area (Å²) in [5, 5.41) is 0. The third kappa shape index (κ3) is 6.77. The largest absolute Gasteiger partial charge is 0.520 e. The lowest BCUT2D eigenvalue weighted by molar-refractivity contribution is 0.0977. The molecule has 0 N–H and O–H groups in total. The Balaban J connectivity index is 2.50. The van der Waals surface area contributed by atoms with Crippen molar-refractivity contribution in [2.75, 3.05) is 6.61 Å². The van der Waals surface area contributed by atoms with Crippen LogP contribution in [0.1, 0.15) is 45.4 Å². The first-order valence-electron chi connectivity index (χ1n) is 7.05. The lowest BCUT2D eigenvalue weighted by Crippen LogP contribution is -2.26. The van der Waals surface area contributed by atoms with Gasteiger partial charge in [0.15, 0.2) is 0 Å².